The molecule has 0 spiro atoms. The Labute approximate surface area is 103 Å². The molecule has 0 unspecified atom stereocenters. The van der Waals surface area contributed by atoms with Gasteiger partial charge in [-0.05, 0) is 38.5 Å². The van der Waals surface area contributed by atoms with Crippen LogP contribution in [0.3, 0.4) is 0 Å². The van der Waals surface area contributed by atoms with Gasteiger partial charge in [0.05, 0.1) is 0 Å². The normalized spacial score (nSPS) is 24.5. The molecule has 0 aromatic carbocycles. The average molecular weight is 241 g/mol. The van der Waals surface area contributed by atoms with Crippen LogP contribution < -0.4 is 5.32 Å². The van der Waals surface area contributed by atoms with E-state index in [1.165, 1.54) is 0 Å². The molecule has 1 fully saturated rings. The van der Waals surface area contributed by atoms with Crippen molar-refractivity contribution in [3.8, 4) is 0 Å². The molecule has 0 radical (unpaired) electrons. The van der Waals surface area contributed by atoms with E-state index >= 15 is 0 Å². The fraction of sp³-hybridized carbons (Fsp3) is 0.846. The maximum Gasteiger partial charge on any atom is 0.407 e. The molecule has 4 nitrogen and oxygen atoms in total. The van der Waals surface area contributed by atoms with Crippen molar-refractivity contribution in [2.75, 3.05) is 6.54 Å². The van der Waals surface area contributed by atoms with Gasteiger partial charge in [-0.1, -0.05) is 13.8 Å². The van der Waals surface area contributed by atoms with Crippen LogP contribution in [0.5, 0.6) is 0 Å². The summed E-state index contributed by atoms with van der Waals surface area (Å²) in [5, 5.41) is 2.74. The molecule has 0 bridgehead atoms. The van der Waals surface area contributed by atoms with Crippen LogP contribution in [0.1, 0.15) is 46.5 Å². The molecule has 98 valence electrons. The largest absolute Gasteiger partial charge is 0.446 e. The van der Waals surface area contributed by atoms with Gasteiger partial charge in [-0.3, -0.25) is 4.79 Å². The molecule has 0 aromatic heterocycles. The summed E-state index contributed by atoms with van der Waals surface area (Å²) in [4.78, 5) is 22.6. The Morgan fingerprint density at radius 2 is 1.82 bits per heavy atom. The molecule has 1 saturated carbocycles. The fourth-order valence-corrected chi connectivity index (χ4v) is 2.07. The molecule has 17 heavy (non-hydrogen) atoms. The Balaban J connectivity index is 2.21. The molecule has 0 atom stereocenters. The van der Waals surface area contributed by atoms with Crippen LogP contribution in [0.2, 0.25) is 0 Å². The van der Waals surface area contributed by atoms with Crippen LogP contribution in [-0.4, -0.2) is 24.5 Å². The van der Waals surface area contributed by atoms with Crippen molar-refractivity contribution in [2.24, 2.45) is 11.8 Å². The van der Waals surface area contributed by atoms with Crippen LogP contribution in [-0.2, 0) is 9.53 Å². The highest BCUT2D eigenvalue weighted by atomic mass is 16.6. The lowest BCUT2D eigenvalue weighted by Gasteiger charge is -2.26. The van der Waals surface area contributed by atoms with Crippen LogP contribution in [0, 0.1) is 11.8 Å². The average Bonchev–Trinajstić information content (AvgIpc) is 2.27. The number of amides is 1. The van der Waals surface area contributed by atoms with Crippen LogP contribution in [0.15, 0.2) is 0 Å². The Bertz CT molecular complexity index is 268. The summed E-state index contributed by atoms with van der Waals surface area (Å²) < 4.78 is 5.31. The molecule has 0 aliphatic heterocycles. The maximum atomic E-state index is 11.4. The zero-order valence-corrected chi connectivity index (χ0v) is 11.0. The van der Waals surface area contributed by atoms with Gasteiger partial charge >= 0.3 is 6.09 Å². The molecule has 1 aliphatic rings. The summed E-state index contributed by atoms with van der Waals surface area (Å²) in [5.41, 5.74) is 0. The second-order valence-electron chi connectivity index (χ2n) is 5.26. The first-order valence-electron chi connectivity index (χ1n) is 6.44. The number of ketones is 1. The number of nitrogens with one attached hydrogen (secondary N) is 1. The smallest absolute Gasteiger partial charge is 0.407 e. The van der Waals surface area contributed by atoms with E-state index in [4.69, 9.17) is 4.74 Å². The third kappa shape index (κ3) is 5.20. The van der Waals surface area contributed by atoms with Gasteiger partial charge < -0.3 is 10.1 Å². The van der Waals surface area contributed by atoms with E-state index in [-0.39, 0.29) is 23.9 Å². The van der Waals surface area contributed by atoms with E-state index in [0.717, 1.165) is 25.7 Å². The van der Waals surface area contributed by atoms with Gasteiger partial charge in [-0.2, -0.15) is 0 Å². The molecule has 1 N–H and O–H groups in total. The Morgan fingerprint density at radius 1 is 1.24 bits per heavy atom. The lowest BCUT2D eigenvalue weighted by atomic mass is 9.85. The first-order valence-corrected chi connectivity index (χ1v) is 6.44. The van der Waals surface area contributed by atoms with Gasteiger partial charge in [0.25, 0.3) is 0 Å². The van der Waals surface area contributed by atoms with Gasteiger partial charge in [0, 0.05) is 12.5 Å². The molecule has 0 heterocycles. The third-order valence-electron chi connectivity index (χ3n) is 3.18. The fourth-order valence-electron chi connectivity index (χ4n) is 2.07. The van der Waals surface area contributed by atoms with Crippen molar-refractivity contribution in [2.45, 2.75) is 52.6 Å². The standard InChI is InChI=1S/C13H23NO3/c1-9(2)8-14-13(16)17-12-6-4-11(5-7-12)10(3)15/h9,11-12H,4-8H2,1-3H3,(H,14,16). The number of hydrogen-bond acceptors (Lipinski definition) is 3. The minimum Gasteiger partial charge on any atom is -0.446 e. The van der Waals surface area contributed by atoms with Crippen LogP contribution in [0.4, 0.5) is 4.79 Å². The number of ether oxygens (including phenoxy) is 1. The Hall–Kier alpha value is -1.06. The summed E-state index contributed by atoms with van der Waals surface area (Å²) >= 11 is 0. The summed E-state index contributed by atoms with van der Waals surface area (Å²) in [6.45, 7) is 6.36. The van der Waals surface area contributed by atoms with E-state index in [1.807, 2.05) is 13.8 Å². The molecule has 0 saturated heterocycles. The van der Waals surface area contributed by atoms with Crippen molar-refractivity contribution in [1.29, 1.82) is 0 Å². The topological polar surface area (TPSA) is 55.4 Å². The van der Waals surface area contributed by atoms with Gasteiger partial charge in [0.2, 0.25) is 0 Å². The Morgan fingerprint density at radius 3 is 2.29 bits per heavy atom. The van der Waals surface area contributed by atoms with E-state index in [1.54, 1.807) is 6.92 Å². The molecule has 0 aromatic rings. The molecular weight excluding hydrogens is 218 g/mol. The SMILES string of the molecule is CC(=O)C1CCC(OC(=O)NCC(C)C)CC1. The lowest BCUT2D eigenvalue weighted by Crippen LogP contribution is -2.33. The predicted molar refractivity (Wildman–Crippen MR) is 65.7 cm³/mol. The van der Waals surface area contributed by atoms with E-state index < -0.39 is 0 Å². The van der Waals surface area contributed by atoms with Crippen molar-refractivity contribution < 1.29 is 14.3 Å². The molecular formula is C13H23NO3. The first-order chi connectivity index (χ1) is 7.99. The van der Waals surface area contributed by atoms with Gasteiger partial charge in [-0.15, -0.1) is 0 Å². The number of Topliss-reactive ketones (excluding diaryl/α,β-unsaturated/α-hetero) is 1. The van der Waals surface area contributed by atoms with Gasteiger partial charge in [0.1, 0.15) is 11.9 Å². The molecule has 1 aliphatic carbocycles. The van der Waals surface area contributed by atoms with Crippen LogP contribution >= 0.6 is 0 Å². The number of rotatable bonds is 4. The third-order valence-corrected chi connectivity index (χ3v) is 3.18. The highest BCUT2D eigenvalue weighted by molar-refractivity contribution is 5.78. The highest BCUT2D eigenvalue weighted by Gasteiger charge is 2.26. The van der Waals surface area contributed by atoms with E-state index in [9.17, 15) is 9.59 Å². The summed E-state index contributed by atoms with van der Waals surface area (Å²) in [6.07, 6.45) is 2.95. The molecule has 4 heteroatoms. The second-order valence-corrected chi connectivity index (χ2v) is 5.26. The minimum absolute atomic E-state index is 0.0160. The number of carbonyl (C=O) groups excluding carboxylic acids is 2. The number of hydrogen-bond donors (Lipinski definition) is 1. The monoisotopic (exact) mass is 241 g/mol. The molecule has 1 amide bonds. The van der Waals surface area contributed by atoms with E-state index in [2.05, 4.69) is 5.32 Å². The van der Waals surface area contributed by atoms with Crippen molar-refractivity contribution in [1.82, 2.24) is 5.32 Å². The summed E-state index contributed by atoms with van der Waals surface area (Å²) in [6, 6.07) is 0. The van der Waals surface area contributed by atoms with Crippen molar-refractivity contribution in [3.63, 3.8) is 0 Å². The quantitative estimate of drug-likeness (QED) is 0.822. The minimum atomic E-state index is -0.329. The summed E-state index contributed by atoms with van der Waals surface area (Å²) in [5.74, 6) is 0.859. The Kier molecular flexibility index (Phi) is 5.45. The number of alkyl carbamates (subject to hydrolysis) is 1. The van der Waals surface area contributed by atoms with Crippen molar-refractivity contribution in [3.05, 3.63) is 0 Å². The maximum absolute atomic E-state index is 11.4. The zero-order valence-electron chi connectivity index (χ0n) is 11.0. The van der Waals surface area contributed by atoms with Crippen LogP contribution in [0.25, 0.3) is 0 Å². The van der Waals surface area contributed by atoms with Gasteiger partial charge in [0.15, 0.2) is 0 Å². The molecule has 1 rings (SSSR count). The number of carbonyl (C=O) groups is 2. The summed E-state index contributed by atoms with van der Waals surface area (Å²) in [7, 11) is 0. The zero-order chi connectivity index (χ0) is 12.8. The first kappa shape index (κ1) is 14.0. The van der Waals surface area contributed by atoms with Crippen molar-refractivity contribution >= 4 is 11.9 Å². The van der Waals surface area contributed by atoms with Gasteiger partial charge in [-0.25, -0.2) is 4.79 Å². The highest BCUT2D eigenvalue weighted by Crippen LogP contribution is 2.26. The predicted octanol–water partition coefficient (Wildman–Crippen LogP) is 2.52. The lowest BCUT2D eigenvalue weighted by molar-refractivity contribution is -0.122. The second kappa shape index (κ2) is 6.62. The van der Waals surface area contributed by atoms with E-state index in [0.29, 0.717) is 12.5 Å².